The topological polar surface area (TPSA) is 60.0 Å². The first-order valence-electron chi connectivity index (χ1n) is 6.59. The lowest BCUT2D eigenvalue weighted by atomic mass is 10.1. The molecule has 0 aromatic rings. The van der Waals surface area contributed by atoms with Gasteiger partial charge in [0.25, 0.3) is 0 Å². The SMILES string of the molecule is CC(C)(C)OC(=O)N1CCNC(CC2=COCO2)C1. The maximum absolute atomic E-state index is 12.0. The van der Waals surface area contributed by atoms with Crippen LogP contribution < -0.4 is 5.32 Å². The van der Waals surface area contributed by atoms with Crippen LogP contribution in [0.25, 0.3) is 0 Å². The summed E-state index contributed by atoms with van der Waals surface area (Å²) < 4.78 is 15.7. The van der Waals surface area contributed by atoms with Crippen LogP contribution >= 0.6 is 0 Å². The Morgan fingerprint density at radius 3 is 3.00 bits per heavy atom. The van der Waals surface area contributed by atoms with Crippen molar-refractivity contribution in [3.8, 4) is 0 Å². The lowest BCUT2D eigenvalue weighted by Crippen LogP contribution is -2.53. The highest BCUT2D eigenvalue weighted by Crippen LogP contribution is 2.17. The number of carbonyl (C=O) groups excluding carboxylic acids is 1. The van der Waals surface area contributed by atoms with Gasteiger partial charge in [0.2, 0.25) is 6.79 Å². The quantitative estimate of drug-likeness (QED) is 0.822. The molecule has 0 radical (unpaired) electrons. The zero-order valence-electron chi connectivity index (χ0n) is 11.8. The molecule has 1 amide bonds. The predicted molar refractivity (Wildman–Crippen MR) is 69.3 cm³/mol. The second kappa shape index (κ2) is 5.69. The van der Waals surface area contributed by atoms with E-state index in [4.69, 9.17) is 14.2 Å². The molecule has 1 N–H and O–H groups in total. The molecular weight excluding hydrogens is 248 g/mol. The highest BCUT2D eigenvalue weighted by Gasteiger charge is 2.28. The van der Waals surface area contributed by atoms with Crippen LogP contribution in [0.3, 0.4) is 0 Å². The van der Waals surface area contributed by atoms with Gasteiger partial charge < -0.3 is 24.4 Å². The van der Waals surface area contributed by atoms with E-state index in [2.05, 4.69) is 5.32 Å². The minimum Gasteiger partial charge on any atom is -0.462 e. The molecule has 6 heteroatoms. The summed E-state index contributed by atoms with van der Waals surface area (Å²) in [6.07, 6.45) is 2.10. The summed E-state index contributed by atoms with van der Waals surface area (Å²) in [6.45, 7) is 7.96. The Morgan fingerprint density at radius 2 is 2.37 bits per heavy atom. The Labute approximate surface area is 113 Å². The van der Waals surface area contributed by atoms with Crippen LogP contribution in [0, 0.1) is 0 Å². The van der Waals surface area contributed by atoms with Gasteiger partial charge >= 0.3 is 6.09 Å². The summed E-state index contributed by atoms with van der Waals surface area (Å²) in [5, 5.41) is 3.37. The monoisotopic (exact) mass is 270 g/mol. The van der Waals surface area contributed by atoms with Crippen molar-refractivity contribution in [3.05, 3.63) is 12.0 Å². The van der Waals surface area contributed by atoms with Gasteiger partial charge in [-0.25, -0.2) is 4.79 Å². The van der Waals surface area contributed by atoms with E-state index in [-0.39, 0.29) is 18.9 Å². The Hall–Kier alpha value is -1.43. The van der Waals surface area contributed by atoms with Crippen LogP contribution in [0.1, 0.15) is 27.2 Å². The van der Waals surface area contributed by atoms with Crippen molar-refractivity contribution in [1.29, 1.82) is 0 Å². The number of rotatable bonds is 2. The number of piperazine rings is 1. The molecule has 2 rings (SSSR count). The Bertz CT molecular complexity index is 362. The largest absolute Gasteiger partial charge is 0.462 e. The standard InChI is InChI=1S/C13H22N2O4/c1-13(2,3)19-12(16)15-5-4-14-10(7-15)6-11-8-17-9-18-11/h8,10,14H,4-7,9H2,1-3H3. The summed E-state index contributed by atoms with van der Waals surface area (Å²) in [7, 11) is 0. The van der Waals surface area contributed by atoms with Gasteiger partial charge in [-0.3, -0.25) is 0 Å². The van der Waals surface area contributed by atoms with Gasteiger partial charge in [-0.05, 0) is 20.8 Å². The Balaban J connectivity index is 1.84. The van der Waals surface area contributed by atoms with Crippen LogP contribution in [0.2, 0.25) is 0 Å². The molecule has 1 saturated heterocycles. The fraction of sp³-hybridized carbons (Fsp3) is 0.769. The Kier molecular flexibility index (Phi) is 4.19. The number of amides is 1. The van der Waals surface area contributed by atoms with Gasteiger partial charge in [0.05, 0.1) is 0 Å². The van der Waals surface area contributed by atoms with Crippen molar-refractivity contribution in [3.63, 3.8) is 0 Å². The van der Waals surface area contributed by atoms with Crippen molar-refractivity contribution in [1.82, 2.24) is 10.2 Å². The molecule has 1 atom stereocenters. The molecule has 108 valence electrons. The summed E-state index contributed by atoms with van der Waals surface area (Å²) >= 11 is 0. The number of nitrogens with one attached hydrogen (secondary N) is 1. The lowest BCUT2D eigenvalue weighted by molar-refractivity contribution is 0.0185. The number of hydrogen-bond acceptors (Lipinski definition) is 5. The van der Waals surface area contributed by atoms with E-state index in [1.165, 1.54) is 0 Å². The molecule has 2 aliphatic rings. The second-order valence-corrected chi connectivity index (χ2v) is 5.79. The fourth-order valence-electron chi connectivity index (χ4n) is 2.08. The van der Waals surface area contributed by atoms with Gasteiger partial charge in [-0.15, -0.1) is 0 Å². The average molecular weight is 270 g/mol. The van der Waals surface area contributed by atoms with Crippen molar-refractivity contribution < 1.29 is 19.0 Å². The van der Waals surface area contributed by atoms with Gasteiger partial charge in [-0.1, -0.05) is 0 Å². The fourth-order valence-corrected chi connectivity index (χ4v) is 2.08. The van der Waals surface area contributed by atoms with E-state index in [1.807, 2.05) is 20.8 Å². The second-order valence-electron chi connectivity index (χ2n) is 5.79. The van der Waals surface area contributed by atoms with Crippen LogP contribution in [-0.4, -0.2) is 49.1 Å². The molecule has 0 bridgehead atoms. The Morgan fingerprint density at radius 1 is 1.58 bits per heavy atom. The van der Waals surface area contributed by atoms with Crippen molar-refractivity contribution in [2.24, 2.45) is 0 Å². The summed E-state index contributed by atoms with van der Waals surface area (Å²) in [4.78, 5) is 13.7. The first-order valence-corrected chi connectivity index (χ1v) is 6.59. The maximum atomic E-state index is 12.0. The minimum atomic E-state index is -0.456. The predicted octanol–water partition coefficient (Wildman–Crippen LogP) is 1.43. The van der Waals surface area contributed by atoms with Gasteiger partial charge in [0.1, 0.15) is 17.6 Å². The molecule has 6 nitrogen and oxygen atoms in total. The number of ether oxygens (including phenoxy) is 3. The maximum Gasteiger partial charge on any atom is 0.410 e. The van der Waals surface area contributed by atoms with E-state index in [0.29, 0.717) is 13.1 Å². The highest BCUT2D eigenvalue weighted by molar-refractivity contribution is 5.68. The molecule has 1 unspecified atom stereocenters. The molecular formula is C13H22N2O4. The molecule has 0 aromatic heterocycles. The van der Waals surface area contributed by atoms with E-state index >= 15 is 0 Å². The number of nitrogens with zero attached hydrogens (tertiary/aromatic N) is 1. The van der Waals surface area contributed by atoms with Crippen LogP contribution in [0.5, 0.6) is 0 Å². The molecule has 0 aliphatic carbocycles. The summed E-state index contributed by atoms with van der Waals surface area (Å²) in [5.74, 6) is 0.823. The van der Waals surface area contributed by atoms with Crippen LogP contribution in [0.15, 0.2) is 12.0 Å². The zero-order chi connectivity index (χ0) is 13.9. The number of hydrogen-bond donors (Lipinski definition) is 1. The molecule has 2 heterocycles. The summed E-state index contributed by atoms with van der Waals surface area (Å²) in [6, 6.07) is 0.175. The zero-order valence-corrected chi connectivity index (χ0v) is 11.8. The minimum absolute atomic E-state index is 0.175. The number of carbonyl (C=O) groups is 1. The average Bonchev–Trinajstić information content (AvgIpc) is 2.80. The first-order chi connectivity index (χ1) is 8.94. The molecule has 0 spiro atoms. The lowest BCUT2D eigenvalue weighted by Gasteiger charge is -2.34. The van der Waals surface area contributed by atoms with Crippen LogP contribution in [-0.2, 0) is 14.2 Å². The summed E-state index contributed by atoms with van der Waals surface area (Å²) in [5.41, 5.74) is -0.456. The molecule has 2 aliphatic heterocycles. The molecule has 0 saturated carbocycles. The molecule has 1 fully saturated rings. The van der Waals surface area contributed by atoms with Crippen molar-refractivity contribution >= 4 is 6.09 Å². The molecule has 19 heavy (non-hydrogen) atoms. The van der Waals surface area contributed by atoms with Crippen molar-refractivity contribution in [2.45, 2.75) is 38.8 Å². The van der Waals surface area contributed by atoms with E-state index in [9.17, 15) is 4.79 Å². The smallest absolute Gasteiger partial charge is 0.410 e. The van der Waals surface area contributed by atoms with E-state index in [0.717, 1.165) is 18.7 Å². The normalized spacial score (nSPS) is 23.4. The van der Waals surface area contributed by atoms with Crippen molar-refractivity contribution in [2.75, 3.05) is 26.4 Å². The molecule has 0 aromatic carbocycles. The van der Waals surface area contributed by atoms with Crippen LogP contribution in [0.4, 0.5) is 4.79 Å². The van der Waals surface area contributed by atoms with Gasteiger partial charge in [-0.2, -0.15) is 0 Å². The third-order valence-electron chi connectivity index (χ3n) is 2.88. The third-order valence-corrected chi connectivity index (χ3v) is 2.88. The van der Waals surface area contributed by atoms with E-state index < -0.39 is 5.60 Å². The third kappa shape index (κ3) is 4.31. The van der Waals surface area contributed by atoms with E-state index in [1.54, 1.807) is 11.2 Å². The first kappa shape index (κ1) is 14.0. The van der Waals surface area contributed by atoms with Gasteiger partial charge in [0.15, 0.2) is 0 Å². The highest BCUT2D eigenvalue weighted by atomic mass is 16.7. The van der Waals surface area contributed by atoms with Gasteiger partial charge in [0, 0.05) is 32.1 Å².